The second-order valence-corrected chi connectivity index (χ2v) is 11.7. The number of benzene rings is 2. The first-order valence-electron chi connectivity index (χ1n) is 12.4. The van der Waals surface area contributed by atoms with Crippen LogP contribution in [0.3, 0.4) is 0 Å². The van der Waals surface area contributed by atoms with Gasteiger partial charge in [0.2, 0.25) is 5.91 Å². The molecule has 39 heavy (non-hydrogen) atoms. The molecule has 4 aromatic rings. The molecule has 2 heterocycles. The summed E-state index contributed by atoms with van der Waals surface area (Å²) in [4.78, 5) is 30.3. The highest BCUT2D eigenvalue weighted by Crippen LogP contribution is 2.28. The zero-order valence-electron chi connectivity index (χ0n) is 21.6. The number of aromatic nitrogens is 4. The van der Waals surface area contributed by atoms with E-state index in [-0.39, 0.29) is 28.5 Å². The molecule has 8 nitrogen and oxygen atoms in total. The molecule has 0 bridgehead atoms. The van der Waals surface area contributed by atoms with Gasteiger partial charge in [0, 0.05) is 22.5 Å². The maximum atomic E-state index is 13.1. The number of amides is 2. The van der Waals surface area contributed by atoms with Crippen molar-refractivity contribution < 1.29 is 9.59 Å². The Bertz CT molecular complexity index is 1440. The van der Waals surface area contributed by atoms with Gasteiger partial charge in [0.1, 0.15) is 0 Å². The average molecular weight is 604 g/mol. The van der Waals surface area contributed by atoms with Gasteiger partial charge in [-0.25, -0.2) is 4.98 Å². The Morgan fingerprint density at radius 1 is 1.10 bits per heavy atom. The number of hydrogen-bond acceptors (Lipinski definition) is 7. The average Bonchev–Trinajstić information content (AvgIpc) is 3.54. The third-order valence-corrected chi connectivity index (χ3v) is 7.99. The van der Waals surface area contributed by atoms with Gasteiger partial charge >= 0.3 is 0 Å². The van der Waals surface area contributed by atoms with Crippen LogP contribution >= 0.6 is 46.3 Å². The predicted octanol–water partition coefficient (Wildman–Crippen LogP) is 6.98. The Labute approximate surface area is 245 Å². The summed E-state index contributed by atoms with van der Waals surface area (Å²) >= 11 is 14.9. The molecule has 0 spiro atoms. The first-order valence-corrected chi connectivity index (χ1v) is 15.0. The van der Waals surface area contributed by atoms with E-state index < -0.39 is 6.04 Å². The van der Waals surface area contributed by atoms with Crippen molar-refractivity contribution in [1.82, 2.24) is 25.1 Å². The quantitative estimate of drug-likeness (QED) is 0.180. The molecule has 2 aromatic carbocycles. The number of nitrogens with zero attached hydrogens (tertiary/aromatic N) is 4. The number of nitrogens with one attached hydrogen (secondary N) is 2. The van der Waals surface area contributed by atoms with Crippen LogP contribution in [0.15, 0.2) is 59.1 Å². The Hall–Kier alpha value is -2.92. The molecule has 0 radical (unpaired) electrons. The van der Waals surface area contributed by atoms with Crippen LogP contribution in [0.2, 0.25) is 10.0 Å². The first-order chi connectivity index (χ1) is 18.7. The fourth-order valence-corrected chi connectivity index (χ4v) is 5.97. The molecule has 0 aliphatic heterocycles. The summed E-state index contributed by atoms with van der Waals surface area (Å²) in [7, 11) is 0. The van der Waals surface area contributed by atoms with Crippen LogP contribution in [0.4, 0.5) is 5.13 Å². The van der Waals surface area contributed by atoms with Crippen molar-refractivity contribution in [2.24, 2.45) is 5.92 Å². The highest BCUT2D eigenvalue weighted by Gasteiger charge is 2.25. The summed E-state index contributed by atoms with van der Waals surface area (Å²) in [6.07, 6.45) is 0.647. The zero-order chi connectivity index (χ0) is 27.9. The summed E-state index contributed by atoms with van der Waals surface area (Å²) < 4.78 is 1.92. The predicted molar refractivity (Wildman–Crippen MR) is 159 cm³/mol. The van der Waals surface area contributed by atoms with Crippen molar-refractivity contribution in [2.75, 3.05) is 11.1 Å². The minimum absolute atomic E-state index is 0.139. The Morgan fingerprint density at radius 2 is 1.87 bits per heavy atom. The molecule has 0 aliphatic rings. The Morgan fingerprint density at radius 3 is 2.56 bits per heavy atom. The second-order valence-electron chi connectivity index (χ2n) is 9.11. The summed E-state index contributed by atoms with van der Waals surface area (Å²) in [6.45, 7) is 6.69. The minimum Gasteiger partial charge on any atom is -0.342 e. The SMILES string of the molecule is CCn1c(SCC(=O)Nc2nc(-c3ccccc3)cs2)nnc1[C@H](CC(C)C)NC(=O)c1ccc(Cl)cc1Cl. The smallest absolute Gasteiger partial charge is 0.253 e. The van der Waals surface area contributed by atoms with E-state index in [4.69, 9.17) is 23.2 Å². The summed E-state index contributed by atoms with van der Waals surface area (Å²) in [5.41, 5.74) is 2.15. The van der Waals surface area contributed by atoms with E-state index in [1.807, 2.05) is 47.2 Å². The number of hydrogen-bond donors (Lipinski definition) is 2. The van der Waals surface area contributed by atoms with E-state index in [9.17, 15) is 9.59 Å². The number of halogens is 2. The molecule has 0 saturated heterocycles. The molecular formula is C27H28Cl2N6O2S2. The van der Waals surface area contributed by atoms with Crippen LogP contribution in [0.1, 0.15) is 49.4 Å². The first kappa shape index (κ1) is 29.1. The second kappa shape index (κ2) is 13.4. The molecule has 2 N–H and O–H groups in total. The standard InChI is InChI=1S/C27H28Cl2N6O2S2/c1-4-35-24(21(12-16(2)3)30-25(37)19-11-10-18(28)13-20(19)29)33-34-27(35)39-15-23(36)32-26-31-22(14-38-26)17-8-6-5-7-9-17/h5-11,13-14,16,21H,4,12,15H2,1-3H3,(H,30,37)(H,31,32,36)/t21-/m0/s1. The molecular weight excluding hydrogens is 575 g/mol. The fourth-order valence-electron chi connectivity index (χ4n) is 3.93. The van der Waals surface area contributed by atoms with Gasteiger partial charge in [0.25, 0.3) is 5.91 Å². The van der Waals surface area contributed by atoms with Crippen LogP contribution in [-0.2, 0) is 11.3 Å². The van der Waals surface area contributed by atoms with Gasteiger partial charge in [0.15, 0.2) is 16.1 Å². The number of rotatable bonds is 11. The van der Waals surface area contributed by atoms with Crippen molar-refractivity contribution in [2.45, 2.75) is 44.9 Å². The highest BCUT2D eigenvalue weighted by atomic mass is 35.5. The summed E-state index contributed by atoms with van der Waals surface area (Å²) in [5, 5.41) is 18.4. The lowest BCUT2D eigenvalue weighted by Crippen LogP contribution is -2.31. The molecule has 0 aliphatic carbocycles. The number of anilines is 1. The zero-order valence-corrected chi connectivity index (χ0v) is 24.8. The van der Waals surface area contributed by atoms with Crippen molar-refractivity contribution in [3.8, 4) is 11.3 Å². The normalized spacial score (nSPS) is 11.9. The molecule has 4 rings (SSSR count). The van der Waals surface area contributed by atoms with Gasteiger partial charge in [-0.05, 0) is 37.5 Å². The molecule has 12 heteroatoms. The van der Waals surface area contributed by atoms with E-state index in [0.29, 0.717) is 39.7 Å². The lowest BCUT2D eigenvalue weighted by molar-refractivity contribution is -0.113. The summed E-state index contributed by atoms with van der Waals surface area (Å²) in [6, 6.07) is 14.2. The number of carbonyl (C=O) groups excluding carboxylic acids is 2. The fraction of sp³-hybridized carbons (Fsp3) is 0.296. The van der Waals surface area contributed by atoms with Gasteiger partial charge in [-0.15, -0.1) is 21.5 Å². The molecule has 204 valence electrons. The Kier molecular flexibility index (Phi) is 10.0. The lowest BCUT2D eigenvalue weighted by Gasteiger charge is -2.21. The maximum Gasteiger partial charge on any atom is 0.253 e. The highest BCUT2D eigenvalue weighted by molar-refractivity contribution is 7.99. The Balaban J connectivity index is 1.43. The molecule has 0 unspecified atom stereocenters. The summed E-state index contributed by atoms with van der Waals surface area (Å²) in [5.74, 6) is 0.532. The third-order valence-electron chi connectivity index (χ3n) is 5.71. The molecule has 2 aromatic heterocycles. The van der Waals surface area contributed by atoms with Gasteiger partial charge in [-0.3, -0.25) is 9.59 Å². The molecule has 2 amide bonds. The monoisotopic (exact) mass is 602 g/mol. The molecule has 0 fully saturated rings. The third kappa shape index (κ3) is 7.60. The van der Waals surface area contributed by atoms with Gasteiger partial charge < -0.3 is 15.2 Å². The van der Waals surface area contributed by atoms with Crippen molar-refractivity contribution >= 4 is 63.2 Å². The molecule has 0 saturated carbocycles. The minimum atomic E-state index is -0.397. The van der Waals surface area contributed by atoms with Gasteiger partial charge in [-0.2, -0.15) is 0 Å². The van der Waals surface area contributed by atoms with Crippen LogP contribution in [0, 0.1) is 5.92 Å². The van der Waals surface area contributed by atoms with Crippen LogP contribution < -0.4 is 10.6 Å². The van der Waals surface area contributed by atoms with Crippen molar-refractivity contribution in [3.63, 3.8) is 0 Å². The number of thiazole rings is 1. The van der Waals surface area contributed by atoms with E-state index in [1.54, 1.807) is 12.1 Å². The van der Waals surface area contributed by atoms with E-state index in [2.05, 4.69) is 39.7 Å². The van der Waals surface area contributed by atoms with E-state index >= 15 is 0 Å². The molecule has 1 atom stereocenters. The van der Waals surface area contributed by atoms with Crippen molar-refractivity contribution in [3.05, 3.63) is 75.3 Å². The van der Waals surface area contributed by atoms with E-state index in [0.717, 1.165) is 11.3 Å². The van der Waals surface area contributed by atoms with Crippen molar-refractivity contribution in [1.29, 1.82) is 0 Å². The van der Waals surface area contributed by atoms with Crippen LogP contribution in [0.5, 0.6) is 0 Å². The van der Waals surface area contributed by atoms with Crippen LogP contribution in [0.25, 0.3) is 11.3 Å². The van der Waals surface area contributed by atoms with Crippen LogP contribution in [-0.4, -0.2) is 37.3 Å². The van der Waals surface area contributed by atoms with E-state index in [1.165, 1.54) is 29.2 Å². The lowest BCUT2D eigenvalue weighted by atomic mass is 10.0. The topological polar surface area (TPSA) is 102 Å². The van der Waals surface area contributed by atoms with Gasteiger partial charge in [0.05, 0.1) is 28.1 Å². The maximum absolute atomic E-state index is 13.1. The number of thioether (sulfide) groups is 1. The largest absolute Gasteiger partial charge is 0.342 e. The number of carbonyl (C=O) groups is 2. The van der Waals surface area contributed by atoms with Gasteiger partial charge in [-0.1, -0.05) is 79.1 Å².